The van der Waals surface area contributed by atoms with Crippen molar-refractivity contribution in [3.8, 4) is 0 Å². The lowest BCUT2D eigenvalue weighted by Gasteiger charge is -2.16. The van der Waals surface area contributed by atoms with Crippen LogP contribution >= 0.6 is 0 Å². The minimum atomic E-state index is 0.719. The Balaban J connectivity index is 2.39. The van der Waals surface area contributed by atoms with Crippen molar-refractivity contribution in [1.82, 2.24) is 5.32 Å². The third-order valence-electron chi connectivity index (χ3n) is 3.64. The third kappa shape index (κ3) is 6.22. The fourth-order valence-corrected chi connectivity index (χ4v) is 2.29. The molecule has 0 spiro atoms. The number of ether oxygens (including phenoxy) is 1. The van der Waals surface area contributed by atoms with Crippen LogP contribution in [0.3, 0.4) is 0 Å². The molecule has 1 aromatic carbocycles. The van der Waals surface area contributed by atoms with E-state index in [-0.39, 0.29) is 0 Å². The number of rotatable bonds is 10. The van der Waals surface area contributed by atoms with Crippen molar-refractivity contribution in [2.75, 3.05) is 13.7 Å². The Morgan fingerprint density at radius 3 is 2.53 bits per heavy atom. The zero-order valence-electron chi connectivity index (χ0n) is 12.7. The maximum atomic E-state index is 5.93. The molecule has 0 aliphatic heterocycles. The highest BCUT2D eigenvalue weighted by atomic mass is 16.5. The first kappa shape index (κ1) is 16.2. The van der Waals surface area contributed by atoms with E-state index in [0.29, 0.717) is 0 Å². The molecule has 0 amide bonds. The molecule has 0 aliphatic rings. The van der Waals surface area contributed by atoms with Crippen LogP contribution in [0.25, 0.3) is 0 Å². The number of unbranched alkanes of at least 4 members (excludes halogenated alkanes) is 1. The third-order valence-corrected chi connectivity index (χ3v) is 3.64. The summed E-state index contributed by atoms with van der Waals surface area (Å²) in [6, 6.07) is 8.52. The van der Waals surface area contributed by atoms with E-state index in [4.69, 9.17) is 4.74 Å². The number of benzene rings is 1. The van der Waals surface area contributed by atoms with E-state index >= 15 is 0 Å². The van der Waals surface area contributed by atoms with Gasteiger partial charge < -0.3 is 10.1 Å². The molecule has 2 heteroatoms. The van der Waals surface area contributed by atoms with Gasteiger partial charge in [0.25, 0.3) is 0 Å². The molecule has 0 fully saturated rings. The second kappa shape index (κ2) is 9.99. The summed E-state index contributed by atoms with van der Waals surface area (Å²) in [6.07, 6.45) is 5.11. The van der Waals surface area contributed by atoms with Gasteiger partial charge in [0.05, 0.1) is 6.61 Å². The van der Waals surface area contributed by atoms with E-state index in [0.717, 1.165) is 25.7 Å². The molecule has 0 radical (unpaired) electrons. The summed E-state index contributed by atoms with van der Waals surface area (Å²) in [7, 11) is 1.98. The molecule has 0 aliphatic carbocycles. The van der Waals surface area contributed by atoms with E-state index in [1.165, 1.54) is 36.8 Å². The fraction of sp³-hybridized carbons (Fsp3) is 0.647. The Bertz CT molecular complexity index is 338. The lowest BCUT2D eigenvalue weighted by molar-refractivity contribution is 0.0815. The molecular weight excluding hydrogens is 234 g/mol. The van der Waals surface area contributed by atoms with Crippen LogP contribution in [0.2, 0.25) is 0 Å². The second-order valence-electron chi connectivity index (χ2n) is 5.23. The molecular formula is C17H29NO. The van der Waals surface area contributed by atoms with Gasteiger partial charge in [-0.25, -0.2) is 0 Å². The Morgan fingerprint density at radius 2 is 1.89 bits per heavy atom. The minimum absolute atomic E-state index is 0.719. The highest BCUT2D eigenvalue weighted by molar-refractivity contribution is 5.26. The molecule has 2 nitrogen and oxygen atoms in total. The van der Waals surface area contributed by atoms with E-state index in [9.17, 15) is 0 Å². The Kier molecular flexibility index (Phi) is 8.52. The topological polar surface area (TPSA) is 21.3 Å². The standard InChI is InChI=1S/C17H29NO/c1-4-6-9-15(5-2)13-19-14-17-11-8-7-10-16(17)12-18-3/h7-8,10-11,15,18H,4-6,9,12-14H2,1-3H3. The highest BCUT2D eigenvalue weighted by Gasteiger charge is 2.07. The maximum Gasteiger partial charge on any atom is 0.0720 e. The van der Waals surface area contributed by atoms with E-state index < -0.39 is 0 Å². The predicted molar refractivity (Wildman–Crippen MR) is 82.2 cm³/mol. The zero-order chi connectivity index (χ0) is 13.9. The van der Waals surface area contributed by atoms with Crippen molar-refractivity contribution in [2.45, 2.75) is 52.7 Å². The molecule has 1 rings (SSSR count). The van der Waals surface area contributed by atoms with Gasteiger partial charge in [0.15, 0.2) is 0 Å². The molecule has 1 aromatic rings. The summed E-state index contributed by atoms with van der Waals surface area (Å²) in [5.41, 5.74) is 2.65. The van der Waals surface area contributed by atoms with Crippen LogP contribution in [0, 0.1) is 5.92 Å². The lowest BCUT2D eigenvalue weighted by atomic mass is 10.0. The van der Waals surface area contributed by atoms with Crippen molar-refractivity contribution >= 4 is 0 Å². The highest BCUT2D eigenvalue weighted by Crippen LogP contribution is 2.15. The second-order valence-corrected chi connectivity index (χ2v) is 5.23. The largest absolute Gasteiger partial charge is 0.376 e. The Labute approximate surface area is 118 Å². The maximum absolute atomic E-state index is 5.93. The average molecular weight is 263 g/mol. The van der Waals surface area contributed by atoms with Crippen molar-refractivity contribution in [3.63, 3.8) is 0 Å². The summed E-state index contributed by atoms with van der Waals surface area (Å²) in [6.45, 7) is 7.05. The number of hydrogen-bond donors (Lipinski definition) is 1. The van der Waals surface area contributed by atoms with Gasteiger partial charge in [-0.15, -0.1) is 0 Å². The average Bonchev–Trinajstić information content (AvgIpc) is 2.44. The monoisotopic (exact) mass is 263 g/mol. The van der Waals surface area contributed by atoms with Crippen molar-refractivity contribution in [3.05, 3.63) is 35.4 Å². The van der Waals surface area contributed by atoms with Gasteiger partial charge in [0, 0.05) is 13.2 Å². The van der Waals surface area contributed by atoms with E-state index in [2.05, 4.69) is 43.4 Å². The minimum Gasteiger partial charge on any atom is -0.376 e. The van der Waals surface area contributed by atoms with Crippen LogP contribution < -0.4 is 5.32 Å². The number of nitrogens with one attached hydrogen (secondary N) is 1. The van der Waals surface area contributed by atoms with Crippen LogP contribution in [0.1, 0.15) is 50.7 Å². The van der Waals surface area contributed by atoms with Gasteiger partial charge in [-0.2, -0.15) is 0 Å². The SMILES string of the molecule is CCCCC(CC)COCc1ccccc1CNC. The quantitative estimate of drug-likeness (QED) is 0.685. The molecule has 0 saturated carbocycles. The van der Waals surface area contributed by atoms with E-state index in [1.54, 1.807) is 0 Å². The normalized spacial score (nSPS) is 12.6. The Morgan fingerprint density at radius 1 is 1.16 bits per heavy atom. The first-order valence-electron chi connectivity index (χ1n) is 7.60. The summed E-state index contributed by atoms with van der Waals surface area (Å²) in [4.78, 5) is 0. The van der Waals surface area contributed by atoms with Crippen molar-refractivity contribution < 1.29 is 4.74 Å². The molecule has 108 valence electrons. The van der Waals surface area contributed by atoms with Crippen LogP contribution in [0.5, 0.6) is 0 Å². The van der Waals surface area contributed by atoms with Crippen molar-refractivity contribution in [2.24, 2.45) is 5.92 Å². The molecule has 1 N–H and O–H groups in total. The lowest BCUT2D eigenvalue weighted by Crippen LogP contribution is -2.11. The summed E-state index contributed by atoms with van der Waals surface area (Å²) >= 11 is 0. The summed E-state index contributed by atoms with van der Waals surface area (Å²) in [5, 5.41) is 3.21. The summed E-state index contributed by atoms with van der Waals surface area (Å²) < 4.78 is 5.93. The van der Waals surface area contributed by atoms with Gasteiger partial charge in [-0.1, -0.05) is 57.4 Å². The van der Waals surface area contributed by atoms with Gasteiger partial charge in [-0.05, 0) is 30.5 Å². The first-order chi connectivity index (χ1) is 9.31. The predicted octanol–water partition coefficient (Wildman–Crippen LogP) is 4.14. The van der Waals surface area contributed by atoms with Crippen LogP contribution in [-0.4, -0.2) is 13.7 Å². The van der Waals surface area contributed by atoms with Gasteiger partial charge in [0.2, 0.25) is 0 Å². The van der Waals surface area contributed by atoms with Crippen LogP contribution in [0.15, 0.2) is 24.3 Å². The molecule has 0 aromatic heterocycles. The number of hydrogen-bond acceptors (Lipinski definition) is 2. The van der Waals surface area contributed by atoms with Gasteiger partial charge >= 0.3 is 0 Å². The summed E-state index contributed by atoms with van der Waals surface area (Å²) in [5.74, 6) is 0.719. The first-order valence-corrected chi connectivity index (χ1v) is 7.60. The van der Waals surface area contributed by atoms with Crippen LogP contribution in [-0.2, 0) is 17.9 Å². The van der Waals surface area contributed by atoms with Crippen LogP contribution in [0.4, 0.5) is 0 Å². The van der Waals surface area contributed by atoms with E-state index in [1.807, 2.05) is 7.05 Å². The zero-order valence-corrected chi connectivity index (χ0v) is 12.7. The molecule has 0 heterocycles. The smallest absolute Gasteiger partial charge is 0.0720 e. The molecule has 19 heavy (non-hydrogen) atoms. The molecule has 0 bridgehead atoms. The molecule has 1 atom stereocenters. The molecule has 1 unspecified atom stereocenters. The molecule has 0 saturated heterocycles. The fourth-order valence-electron chi connectivity index (χ4n) is 2.29. The van der Waals surface area contributed by atoms with Gasteiger partial charge in [0.1, 0.15) is 0 Å². The Hall–Kier alpha value is -0.860. The van der Waals surface area contributed by atoms with Gasteiger partial charge in [-0.3, -0.25) is 0 Å². The van der Waals surface area contributed by atoms with Crippen molar-refractivity contribution in [1.29, 1.82) is 0 Å².